The van der Waals surface area contributed by atoms with Gasteiger partial charge >= 0.3 is 5.97 Å². The summed E-state index contributed by atoms with van der Waals surface area (Å²) >= 11 is 0. The lowest BCUT2D eigenvalue weighted by Crippen LogP contribution is -2.28. The van der Waals surface area contributed by atoms with E-state index in [4.69, 9.17) is 4.74 Å². The van der Waals surface area contributed by atoms with Crippen LogP contribution in [0, 0.1) is 18.8 Å². The molecule has 1 aromatic heterocycles. The minimum Gasteiger partial charge on any atom is -0.465 e. The lowest BCUT2D eigenvalue weighted by Gasteiger charge is -2.22. The van der Waals surface area contributed by atoms with Crippen LogP contribution in [-0.2, 0) is 20.9 Å². The quantitative estimate of drug-likeness (QED) is 0.0486. The van der Waals surface area contributed by atoms with E-state index in [0.717, 1.165) is 103 Å². The number of ketones is 1. The highest BCUT2D eigenvalue weighted by molar-refractivity contribution is 5.80. The van der Waals surface area contributed by atoms with E-state index < -0.39 is 0 Å². The van der Waals surface area contributed by atoms with Gasteiger partial charge < -0.3 is 14.2 Å². The number of ether oxygens (including phenoxy) is 1. The molecule has 0 bridgehead atoms. The van der Waals surface area contributed by atoms with E-state index in [-0.39, 0.29) is 11.9 Å². The fourth-order valence-corrected chi connectivity index (χ4v) is 8.54. The molecule has 0 saturated heterocycles. The Hall–Kier alpha value is -1.69. The first-order valence-electron chi connectivity index (χ1n) is 25.4. The lowest BCUT2D eigenvalue weighted by molar-refractivity contribution is -0.149. The van der Waals surface area contributed by atoms with Crippen molar-refractivity contribution >= 4 is 11.8 Å². The highest BCUT2D eigenvalue weighted by Gasteiger charge is 2.20. The summed E-state index contributed by atoms with van der Waals surface area (Å²) in [6.07, 6.45) is 44.8. The fourth-order valence-electron chi connectivity index (χ4n) is 8.54. The molecule has 0 amide bonds. The third-order valence-electron chi connectivity index (χ3n) is 12.5. The summed E-state index contributed by atoms with van der Waals surface area (Å²) in [7, 11) is 0. The average Bonchev–Trinajstić information content (AvgIpc) is 3.63. The summed E-state index contributed by atoms with van der Waals surface area (Å²) in [5, 5.41) is 0. The summed E-state index contributed by atoms with van der Waals surface area (Å²) in [4.78, 5) is 33.4. The van der Waals surface area contributed by atoms with Gasteiger partial charge in [-0.05, 0) is 84.3 Å². The standard InChI is InChI=1S/C51H97N3O3/c1-6-10-14-17-20-28-36-48(35-26-13-9-4)50(55)39-30-22-19-23-31-41-53(43-34-44-54-45-40-52-47(54)5)42-32-24-25-33-46-57-51(56)49(37-27-16-12-8-3)38-29-21-18-15-11-7-2/h40,45,48-49H,6-39,41-44,46H2,1-5H3. The second-order valence-electron chi connectivity index (χ2n) is 17.8. The van der Waals surface area contributed by atoms with Crippen LogP contribution in [0.4, 0.5) is 0 Å². The minimum atomic E-state index is 0.0704. The number of imidazole rings is 1. The van der Waals surface area contributed by atoms with Crippen LogP contribution in [-0.4, -0.2) is 52.4 Å². The van der Waals surface area contributed by atoms with Gasteiger partial charge in [0, 0.05) is 31.3 Å². The SMILES string of the molecule is CCCCCCCCC(CCCCC)C(=O)CCCCCCCN(CCCCCCOC(=O)C(CCCCCC)CCCCCCCC)CCCn1ccnc1C. The molecule has 0 radical (unpaired) electrons. The molecule has 57 heavy (non-hydrogen) atoms. The van der Waals surface area contributed by atoms with Crippen LogP contribution in [0.15, 0.2) is 12.4 Å². The second kappa shape index (κ2) is 39.8. The van der Waals surface area contributed by atoms with Crippen LogP contribution in [0.25, 0.3) is 0 Å². The Bertz CT molecular complexity index is 1030. The van der Waals surface area contributed by atoms with Crippen LogP contribution >= 0.6 is 0 Å². The maximum atomic E-state index is 13.2. The third kappa shape index (κ3) is 30.9. The van der Waals surface area contributed by atoms with E-state index in [1.54, 1.807) is 0 Å². The summed E-state index contributed by atoms with van der Waals surface area (Å²) < 4.78 is 8.15. The predicted molar refractivity (Wildman–Crippen MR) is 246 cm³/mol. The van der Waals surface area contributed by atoms with Crippen molar-refractivity contribution in [3.05, 3.63) is 18.2 Å². The number of aryl methyl sites for hydroxylation is 2. The predicted octanol–water partition coefficient (Wildman–Crippen LogP) is 15.2. The van der Waals surface area contributed by atoms with Gasteiger partial charge in [-0.3, -0.25) is 9.59 Å². The van der Waals surface area contributed by atoms with E-state index in [9.17, 15) is 9.59 Å². The first-order valence-corrected chi connectivity index (χ1v) is 25.4. The number of Topliss-reactive ketones (excluding diaryl/α,β-unsaturated/α-hetero) is 1. The van der Waals surface area contributed by atoms with Gasteiger partial charge in [0.15, 0.2) is 0 Å². The van der Waals surface area contributed by atoms with Crippen molar-refractivity contribution in [1.82, 2.24) is 14.5 Å². The van der Waals surface area contributed by atoms with E-state index in [0.29, 0.717) is 18.3 Å². The second-order valence-corrected chi connectivity index (χ2v) is 17.8. The monoisotopic (exact) mass is 800 g/mol. The van der Waals surface area contributed by atoms with Gasteiger partial charge in [-0.1, -0.05) is 182 Å². The van der Waals surface area contributed by atoms with Crippen LogP contribution in [0.3, 0.4) is 0 Å². The lowest BCUT2D eigenvalue weighted by atomic mass is 9.88. The number of carbonyl (C=O) groups excluding carboxylic acids is 2. The number of rotatable bonds is 44. The van der Waals surface area contributed by atoms with Crippen LogP contribution < -0.4 is 0 Å². The molecule has 1 aromatic rings. The number of unbranched alkanes of at least 4 members (excludes halogenated alkanes) is 22. The normalized spacial score (nSPS) is 12.7. The van der Waals surface area contributed by atoms with Gasteiger partial charge in [0.05, 0.1) is 12.5 Å². The number of nitrogens with zero attached hydrogens (tertiary/aromatic N) is 3. The molecule has 1 heterocycles. The Morgan fingerprint density at radius 2 is 0.965 bits per heavy atom. The first kappa shape index (κ1) is 53.3. The Balaban J connectivity index is 2.40. The fraction of sp³-hybridized carbons (Fsp3) is 0.902. The van der Waals surface area contributed by atoms with Crippen LogP contribution in [0.5, 0.6) is 0 Å². The smallest absolute Gasteiger partial charge is 0.308 e. The molecule has 6 heteroatoms. The Morgan fingerprint density at radius 3 is 1.51 bits per heavy atom. The molecule has 334 valence electrons. The van der Waals surface area contributed by atoms with Crippen molar-refractivity contribution in [1.29, 1.82) is 0 Å². The molecule has 0 aliphatic rings. The maximum absolute atomic E-state index is 13.2. The van der Waals surface area contributed by atoms with Gasteiger partial charge in [-0.2, -0.15) is 0 Å². The minimum absolute atomic E-state index is 0.0704. The summed E-state index contributed by atoms with van der Waals surface area (Å²) in [6, 6.07) is 0. The third-order valence-corrected chi connectivity index (χ3v) is 12.5. The van der Waals surface area contributed by atoms with Gasteiger partial charge in [0.1, 0.15) is 11.6 Å². The number of aromatic nitrogens is 2. The van der Waals surface area contributed by atoms with Gasteiger partial charge in [0.25, 0.3) is 0 Å². The van der Waals surface area contributed by atoms with E-state index in [2.05, 4.69) is 55.3 Å². The Morgan fingerprint density at radius 1 is 0.544 bits per heavy atom. The van der Waals surface area contributed by atoms with Crippen molar-refractivity contribution in [2.24, 2.45) is 11.8 Å². The van der Waals surface area contributed by atoms with Crippen molar-refractivity contribution in [2.45, 2.75) is 259 Å². The van der Waals surface area contributed by atoms with Crippen molar-refractivity contribution in [3.8, 4) is 0 Å². The summed E-state index contributed by atoms with van der Waals surface area (Å²) in [6.45, 7) is 16.2. The summed E-state index contributed by atoms with van der Waals surface area (Å²) in [5.74, 6) is 2.14. The molecule has 6 nitrogen and oxygen atoms in total. The highest BCUT2D eigenvalue weighted by atomic mass is 16.5. The van der Waals surface area contributed by atoms with Crippen molar-refractivity contribution in [2.75, 3.05) is 26.2 Å². The van der Waals surface area contributed by atoms with Crippen LogP contribution in [0.1, 0.15) is 252 Å². The molecule has 0 aromatic carbocycles. The maximum Gasteiger partial charge on any atom is 0.308 e. The molecule has 0 aliphatic carbocycles. The van der Waals surface area contributed by atoms with E-state index in [1.807, 2.05) is 6.20 Å². The summed E-state index contributed by atoms with van der Waals surface area (Å²) in [5.41, 5.74) is 0. The van der Waals surface area contributed by atoms with Crippen LogP contribution in [0.2, 0.25) is 0 Å². The zero-order chi connectivity index (χ0) is 41.4. The molecule has 0 aliphatic heterocycles. The molecule has 0 saturated carbocycles. The molecular weight excluding hydrogens is 703 g/mol. The average molecular weight is 800 g/mol. The molecule has 0 fully saturated rings. The largest absolute Gasteiger partial charge is 0.465 e. The molecule has 0 N–H and O–H groups in total. The van der Waals surface area contributed by atoms with E-state index in [1.165, 1.54) is 148 Å². The van der Waals surface area contributed by atoms with Gasteiger partial charge in [-0.15, -0.1) is 0 Å². The Kier molecular flexibility index (Phi) is 37.2. The number of esters is 1. The molecular formula is C51H97N3O3. The first-order chi connectivity index (χ1) is 28.0. The molecule has 1 rings (SSSR count). The molecule has 2 unspecified atom stereocenters. The zero-order valence-corrected chi connectivity index (χ0v) is 39.0. The van der Waals surface area contributed by atoms with E-state index >= 15 is 0 Å². The van der Waals surface area contributed by atoms with Gasteiger partial charge in [0.2, 0.25) is 0 Å². The Labute approximate surface area is 355 Å². The number of hydrogen-bond acceptors (Lipinski definition) is 5. The zero-order valence-electron chi connectivity index (χ0n) is 39.0. The van der Waals surface area contributed by atoms with Crippen molar-refractivity contribution in [3.63, 3.8) is 0 Å². The highest BCUT2D eigenvalue weighted by Crippen LogP contribution is 2.23. The number of carbonyl (C=O) groups is 2. The molecule has 0 spiro atoms. The van der Waals surface area contributed by atoms with Crippen molar-refractivity contribution < 1.29 is 14.3 Å². The van der Waals surface area contributed by atoms with Gasteiger partial charge in [-0.25, -0.2) is 4.98 Å². The topological polar surface area (TPSA) is 64.4 Å². The number of hydrogen-bond donors (Lipinski definition) is 0. The molecule has 2 atom stereocenters.